The third kappa shape index (κ3) is 3.14. The molecular weight excluding hydrogens is 356 g/mol. The topological polar surface area (TPSA) is 66.5 Å². The smallest absolute Gasteiger partial charge is 0.254 e. The lowest BCUT2D eigenvalue weighted by Gasteiger charge is -2.27. The molecule has 0 fully saturated rings. The summed E-state index contributed by atoms with van der Waals surface area (Å²) < 4.78 is 26.2. The number of carbonyl (C=O) groups is 1. The zero-order valence-corrected chi connectivity index (χ0v) is 14.8. The van der Waals surface area contributed by atoms with Gasteiger partial charge >= 0.3 is 0 Å². The van der Waals surface area contributed by atoms with Crippen LogP contribution in [0.3, 0.4) is 0 Å². The predicted octanol–water partition coefficient (Wildman–Crippen LogP) is 2.51. The first-order chi connectivity index (χ1) is 10.9. The van der Waals surface area contributed by atoms with E-state index in [1.165, 1.54) is 24.1 Å². The molecule has 1 N–H and O–H groups in total. The van der Waals surface area contributed by atoms with Crippen LogP contribution in [0.1, 0.15) is 20.8 Å². The maximum atomic E-state index is 12.7. The van der Waals surface area contributed by atoms with Gasteiger partial charge in [-0.1, -0.05) is 11.6 Å². The van der Waals surface area contributed by atoms with Crippen LogP contribution in [-0.2, 0) is 23.0 Å². The van der Waals surface area contributed by atoms with Crippen molar-refractivity contribution < 1.29 is 13.2 Å². The second kappa shape index (κ2) is 6.24. The van der Waals surface area contributed by atoms with Crippen LogP contribution in [0.25, 0.3) is 0 Å². The van der Waals surface area contributed by atoms with E-state index >= 15 is 0 Å². The third-order valence-corrected chi connectivity index (χ3v) is 6.75. The van der Waals surface area contributed by atoms with Crippen LogP contribution in [0.5, 0.6) is 0 Å². The van der Waals surface area contributed by atoms with Gasteiger partial charge in [0.15, 0.2) is 0 Å². The predicted molar refractivity (Wildman–Crippen MR) is 90.5 cm³/mol. The molecule has 0 unspecified atom stereocenters. The van der Waals surface area contributed by atoms with Crippen molar-refractivity contribution in [2.45, 2.75) is 17.9 Å². The Morgan fingerprint density at radius 1 is 1.35 bits per heavy atom. The van der Waals surface area contributed by atoms with E-state index in [9.17, 15) is 13.2 Å². The molecule has 3 rings (SSSR count). The molecule has 1 amide bonds. The molecule has 1 aromatic heterocycles. The van der Waals surface area contributed by atoms with Gasteiger partial charge in [-0.25, -0.2) is 13.1 Å². The molecule has 23 heavy (non-hydrogen) atoms. The average Bonchev–Trinajstić information content (AvgIpc) is 3.02. The first-order valence-electron chi connectivity index (χ1n) is 7.00. The summed E-state index contributed by atoms with van der Waals surface area (Å²) in [7, 11) is -2.40. The van der Waals surface area contributed by atoms with Gasteiger partial charge in [0.25, 0.3) is 5.91 Å². The minimum Gasteiger partial charge on any atom is -0.334 e. The number of hydrogen-bond donors (Lipinski definition) is 1. The number of fused-ring (bicyclic) bond motifs is 1. The number of carbonyl (C=O) groups excluding carboxylic acids is 1. The van der Waals surface area contributed by atoms with Gasteiger partial charge in [-0.2, -0.15) is 0 Å². The Morgan fingerprint density at radius 2 is 2.13 bits per heavy atom. The Labute approximate surface area is 143 Å². The van der Waals surface area contributed by atoms with E-state index in [0.717, 1.165) is 12.0 Å². The van der Waals surface area contributed by atoms with E-state index in [1.807, 2.05) is 11.4 Å². The van der Waals surface area contributed by atoms with E-state index in [-0.39, 0.29) is 15.8 Å². The van der Waals surface area contributed by atoms with Gasteiger partial charge in [0.05, 0.1) is 5.02 Å². The molecule has 0 bridgehead atoms. The summed E-state index contributed by atoms with van der Waals surface area (Å²) in [6.45, 7) is 1.18. The monoisotopic (exact) mass is 370 g/mol. The average molecular weight is 371 g/mol. The third-order valence-electron chi connectivity index (χ3n) is 3.83. The summed E-state index contributed by atoms with van der Waals surface area (Å²) in [5.41, 5.74) is 1.48. The van der Waals surface area contributed by atoms with Gasteiger partial charge in [-0.05, 0) is 48.7 Å². The van der Waals surface area contributed by atoms with Crippen LogP contribution in [0, 0.1) is 0 Å². The fraction of sp³-hybridized carbons (Fsp3) is 0.267. The van der Waals surface area contributed by atoms with Crippen molar-refractivity contribution in [1.82, 2.24) is 9.62 Å². The highest BCUT2D eigenvalue weighted by Gasteiger charge is 2.24. The number of nitrogens with one attached hydrogen (secondary N) is 1. The van der Waals surface area contributed by atoms with Gasteiger partial charge in [-0.15, -0.1) is 11.3 Å². The van der Waals surface area contributed by atoms with Gasteiger partial charge < -0.3 is 4.90 Å². The summed E-state index contributed by atoms with van der Waals surface area (Å²) in [6, 6.07) is 6.36. The number of amides is 1. The number of thiophene rings is 1. The molecule has 1 aromatic carbocycles. The molecule has 0 saturated heterocycles. The van der Waals surface area contributed by atoms with Crippen molar-refractivity contribution >= 4 is 38.9 Å². The van der Waals surface area contributed by atoms with Gasteiger partial charge in [0, 0.05) is 23.5 Å². The summed E-state index contributed by atoms with van der Waals surface area (Å²) >= 11 is 7.66. The molecule has 0 aliphatic carbocycles. The van der Waals surface area contributed by atoms with Crippen LogP contribution >= 0.6 is 22.9 Å². The molecule has 2 heterocycles. The number of hydrogen-bond acceptors (Lipinski definition) is 4. The Balaban J connectivity index is 1.91. The Hall–Kier alpha value is -1.41. The second-order valence-electron chi connectivity index (χ2n) is 5.20. The summed E-state index contributed by atoms with van der Waals surface area (Å²) in [4.78, 5) is 15.6. The molecule has 5 nitrogen and oxygen atoms in total. The lowest BCUT2D eigenvalue weighted by atomic mass is 10.1. The quantitative estimate of drug-likeness (QED) is 0.902. The van der Waals surface area contributed by atoms with Crippen LogP contribution in [0.15, 0.2) is 34.5 Å². The van der Waals surface area contributed by atoms with Crippen molar-refractivity contribution in [3.8, 4) is 0 Å². The highest BCUT2D eigenvalue weighted by molar-refractivity contribution is 7.89. The Morgan fingerprint density at radius 3 is 2.87 bits per heavy atom. The molecule has 0 spiro atoms. The number of halogens is 1. The van der Waals surface area contributed by atoms with E-state index in [0.29, 0.717) is 18.7 Å². The molecule has 1 aliphatic rings. The highest BCUT2D eigenvalue weighted by Crippen LogP contribution is 2.27. The van der Waals surface area contributed by atoms with Crippen molar-refractivity contribution in [1.29, 1.82) is 0 Å². The Kier molecular flexibility index (Phi) is 4.46. The number of rotatable bonds is 3. The van der Waals surface area contributed by atoms with Crippen LogP contribution < -0.4 is 4.72 Å². The summed E-state index contributed by atoms with van der Waals surface area (Å²) in [6.07, 6.45) is 0.827. The van der Waals surface area contributed by atoms with Gasteiger partial charge in [0.1, 0.15) is 4.90 Å². The molecule has 1 aliphatic heterocycles. The number of benzene rings is 1. The lowest BCUT2D eigenvalue weighted by Crippen LogP contribution is -2.35. The minimum atomic E-state index is -3.71. The van der Waals surface area contributed by atoms with E-state index in [2.05, 4.69) is 4.72 Å². The first kappa shape index (κ1) is 16.4. The molecule has 2 aromatic rings. The fourth-order valence-corrected chi connectivity index (χ4v) is 4.70. The summed E-state index contributed by atoms with van der Waals surface area (Å²) in [5, 5.41) is 2.12. The fourth-order valence-electron chi connectivity index (χ4n) is 2.56. The van der Waals surface area contributed by atoms with Gasteiger partial charge in [0.2, 0.25) is 10.0 Å². The van der Waals surface area contributed by atoms with Crippen molar-refractivity contribution in [3.63, 3.8) is 0 Å². The number of nitrogens with zero attached hydrogens (tertiary/aromatic N) is 1. The van der Waals surface area contributed by atoms with Crippen LogP contribution in [-0.4, -0.2) is 32.8 Å². The molecule has 8 heteroatoms. The van der Waals surface area contributed by atoms with Gasteiger partial charge in [-0.3, -0.25) is 4.79 Å². The van der Waals surface area contributed by atoms with Crippen molar-refractivity contribution in [2.75, 3.05) is 13.6 Å². The molecule has 122 valence electrons. The summed E-state index contributed by atoms with van der Waals surface area (Å²) in [5.74, 6) is -0.189. The highest BCUT2D eigenvalue weighted by atomic mass is 35.5. The van der Waals surface area contributed by atoms with Crippen LogP contribution in [0.4, 0.5) is 0 Å². The van der Waals surface area contributed by atoms with E-state index in [4.69, 9.17) is 11.6 Å². The Bertz CT molecular complexity index is 861. The van der Waals surface area contributed by atoms with Crippen molar-refractivity contribution in [2.24, 2.45) is 0 Å². The minimum absolute atomic E-state index is 0.0826. The maximum absolute atomic E-state index is 12.7. The van der Waals surface area contributed by atoms with E-state index < -0.39 is 10.0 Å². The standard InChI is InChI=1S/C15H15ClN2O3S2/c1-17-23(20,21)14-8-10(2-3-12(14)16)15(19)18-6-4-13-11(9-18)5-7-22-13/h2-3,5,7-8,17H,4,6,9H2,1H3. The van der Waals surface area contributed by atoms with Crippen molar-refractivity contribution in [3.05, 3.63) is 50.7 Å². The number of sulfonamides is 1. The normalized spacial score (nSPS) is 14.6. The maximum Gasteiger partial charge on any atom is 0.254 e. The zero-order valence-electron chi connectivity index (χ0n) is 12.4. The SMILES string of the molecule is CNS(=O)(=O)c1cc(C(=O)N2CCc3sccc3C2)ccc1Cl. The molecule has 0 radical (unpaired) electrons. The first-order valence-corrected chi connectivity index (χ1v) is 9.74. The zero-order chi connectivity index (χ0) is 16.6. The molecule has 0 saturated carbocycles. The van der Waals surface area contributed by atoms with E-state index in [1.54, 1.807) is 22.3 Å². The largest absolute Gasteiger partial charge is 0.334 e. The molecular formula is C15H15ClN2O3S2. The van der Waals surface area contributed by atoms with Crippen LogP contribution in [0.2, 0.25) is 5.02 Å². The lowest BCUT2D eigenvalue weighted by molar-refractivity contribution is 0.0735. The second-order valence-corrected chi connectivity index (χ2v) is 8.46. The molecule has 0 atom stereocenters.